The van der Waals surface area contributed by atoms with Gasteiger partial charge in [-0.3, -0.25) is 19.8 Å². The highest BCUT2D eigenvalue weighted by molar-refractivity contribution is 5.78. The molecule has 0 aliphatic carbocycles. The van der Waals surface area contributed by atoms with Crippen LogP contribution in [-0.4, -0.2) is 53.4 Å². The smallest absolute Gasteiger partial charge is 0.273 e. The first-order valence-corrected chi connectivity index (χ1v) is 10.6. The Morgan fingerprint density at radius 2 is 1.47 bits per heavy atom. The fourth-order valence-electron chi connectivity index (χ4n) is 4.04. The van der Waals surface area contributed by atoms with Crippen LogP contribution >= 0.6 is 0 Å². The molecule has 7 heteroatoms. The first kappa shape index (κ1) is 21.5. The summed E-state index contributed by atoms with van der Waals surface area (Å²) in [5.41, 5.74) is 2.40. The summed E-state index contributed by atoms with van der Waals surface area (Å²) in [5, 5.41) is 10.9. The predicted molar refractivity (Wildman–Crippen MR) is 121 cm³/mol. The molecule has 7 nitrogen and oxygen atoms in total. The third-order valence-electron chi connectivity index (χ3n) is 5.65. The van der Waals surface area contributed by atoms with E-state index in [4.69, 9.17) is 4.74 Å². The van der Waals surface area contributed by atoms with Crippen LogP contribution in [0.15, 0.2) is 84.9 Å². The highest BCUT2D eigenvalue weighted by Crippen LogP contribution is 2.29. The zero-order valence-corrected chi connectivity index (χ0v) is 17.7. The minimum absolute atomic E-state index is 0.0589. The van der Waals surface area contributed by atoms with E-state index in [0.717, 1.165) is 13.1 Å². The molecule has 0 aromatic heterocycles. The number of hydrogen-bond acceptors (Lipinski definition) is 5. The first-order valence-electron chi connectivity index (χ1n) is 10.6. The normalized spacial score (nSPS) is 14.3. The Balaban J connectivity index is 1.37. The largest absolute Gasteiger partial charge is 0.484 e. The molecule has 1 aliphatic rings. The summed E-state index contributed by atoms with van der Waals surface area (Å²) < 4.78 is 5.52. The molecule has 3 aromatic rings. The molecule has 164 valence electrons. The Kier molecular flexibility index (Phi) is 6.77. The fourth-order valence-corrected chi connectivity index (χ4v) is 4.04. The van der Waals surface area contributed by atoms with Crippen molar-refractivity contribution >= 4 is 11.6 Å². The maximum absolute atomic E-state index is 12.7. The molecule has 1 heterocycles. The molecule has 1 amide bonds. The third kappa shape index (κ3) is 5.12. The molecule has 0 saturated carbocycles. The van der Waals surface area contributed by atoms with E-state index in [0.29, 0.717) is 18.8 Å². The van der Waals surface area contributed by atoms with Crippen LogP contribution in [0.4, 0.5) is 5.69 Å². The molecule has 0 bridgehead atoms. The zero-order chi connectivity index (χ0) is 22.3. The van der Waals surface area contributed by atoms with Crippen LogP contribution in [0.1, 0.15) is 17.2 Å². The molecule has 1 fully saturated rings. The van der Waals surface area contributed by atoms with E-state index < -0.39 is 4.92 Å². The molecule has 0 radical (unpaired) electrons. The van der Waals surface area contributed by atoms with Gasteiger partial charge in [0.15, 0.2) is 6.61 Å². The van der Waals surface area contributed by atoms with Crippen molar-refractivity contribution in [3.05, 3.63) is 106 Å². The summed E-state index contributed by atoms with van der Waals surface area (Å²) in [6, 6.07) is 26.8. The number of nitro groups is 1. The summed E-state index contributed by atoms with van der Waals surface area (Å²) >= 11 is 0. The van der Waals surface area contributed by atoms with E-state index in [1.54, 1.807) is 17.0 Å². The van der Waals surface area contributed by atoms with Gasteiger partial charge in [0.25, 0.3) is 11.6 Å². The molecule has 4 rings (SSSR count). The van der Waals surface area contributed by atoms with Crippen molar-refractivity contribution in [3.63, 3.8) is 0 Å². The van der Waals surface area contributed by atoms with Crippen molar-refractivity contribution in [2.24, 2.45) is 0 Å². The maximum Gasteiger partial charge on any atom is 0.273 e. The molecule has 1 aliphatic heterocycles. The molecule has 0 spiro atoms. The summed E-state index contributed by atoms with van der Waals surface area (Å²) in [5.74, 6) is 0.200. The quantitative estimate of drug-likeness (QED) is 0.419. The number of nitro benzene ring substituents is 1. The lowest BCUT2D eigenvalue weighted by molar-refractivity contribution is -0.384. The highest BCUT2D eigenvalue weighted by Gasteiger charge is 2.28. The van der Waals surface area contributed by atoms with Gasteiger partial charge >= 0.3 is 0 Å². The molecule has 0 N–H and O–H groups in total. The van der Waals surface area contributed by atoms with Crippen LogP contribution in [0.2, 0.25) is 0 Å². The van der Waals surface area contributed by atoms with Crippen LogP contribution < -0.4 is 4.74 Å². The van der Waals surface area contributed by atoms with Crippen LogP contribution in [0.25, 0.3) is 0 Å². The SMILES string of the molecule is O=C(COc1cccc([N+](=O)[O-])c1)N1CCN(C(c2ccccc2)c2ccccc2)CC1. The second-order valence-electron chi connectivity index (χ2n) is 7.68. The Morgan fingerprint density at radius 3 is 2.03 bits per heavy atom. The standard InChI is InChI=1S/C25H25N3O4/c29-24(19-32-23-13-7-12-22(18-23)28(30)31)26-14-16-27(17-15-26)25(20-8-3-1-4-9-20)21-10-5-2-6-11-21/h1-13,18,25H,14-17,19H2. The van der Waals surface area contributed by atoms with Crippen molar-refractivity contribution in [2.75, 3.05) is 32.8 Å². The molecular weight excluding hydrogens is 406 g/mol. The Hall–Kier alpha value is -3.71. The molecule has 1 saturated heterocycles. The van der Waals surface area contributed by atoms with E-state index in [9.17, 15) is 14.9 Å². The lowest BCUT2D eigenvalue weighted by Crippen LogP contribution is -2.51. The minimum Gasteiger partial charge on any atom is -0.484 e. The van der Waals surface area contributed by atoms with E-state index in [2.05, 4.69) is 53.4 Å². The molecule has 0 atom stereocenters. The number of benzene rings is 3. The number of hydrogen-bond donors (Lipinski definition) is 0. The number of nitrogens with zero attached hydrogens (tertiary/aromatic N) is 3. The van der Waals surface area contributed by atoms with E-state index in [1.807, 2.05) is 12.1 Å². The monoisotopic (exact) mass is 431 g/mol. The van der Waals surface area contributed by atoms with Gasteiger partial charge < -0.3 is 9.64 Å². The summed E-state index contributed by atoms with van der Waals surface area (Å²) in [6.07, 6.45) is 0. The zero-order valence-electron chi connectivity index (χ0n) is 17.7. The van der Waals surface area contributed by atoms with Gasteiger partial charge in [0.1, 0.15) is 5.75 Å². The Labute approximate surface area is 187 Å². The maximum atomic E-state index is 12.7. The van der Waals surface area contributed by atoms with Crippen LogP contribution in [0, 0.1) is 10.1 Å². The third-order valence-corrected chi connectivity index (χ3v) is 5.65. The van der Waals surface area contributed by atoms with E-state index in [-0.39, 0.29) is 24.2 Å². The van der Waals surface area contributed by atoms with E-state index in [1.165, 1.54) is 23.3 Å². The van der Waals surface area contributed by atoms with Crippen molar-refractivity contribution in [1.29, 1.82) is 0 Å². The summed E-state index contributed by atoms with van der Waals surface area (Å²) in [4.78, 5) is 27.3. The Bertz CT molecular complexity index is 1010. The van der Waals surface area contributed by atoms with Gasteiger partial charge in [-0.25, -0.2) is 0 Å². The van der Waals surface area contributed by atoms with Gasteiger partial charge in [-0.1, -0.05) is 66.7 Å². The van der Waals surface area contributed by atoms with Crippen molar-refractivity contribution in [3.8, 4) is 5.75 Å². The van der Waals surface area contributed by atoms with Crippen molar-refractivity contribution < 1.29 is 14.5 Å². The summed E-state index contributed by atoms with van der Waals surface area (Å²) in [7, 11) is 0. The fraction of sp³-hybridized carbons (Fsp3) is 0.240. The second kappa shape index (κ2) is 10.1. The van der Waals surface area contributed by atoms with Gasteiger partial charge in [-0.05, 0) is 17.2 Å². The second-order valence-corrected chi connectivity index (χ2v) is 7.68. The molecule has 3 aromatic carbocycles. The van der Waals surface area contributed by atoms with Crippen molar-refractivity contribution in [2.45, 2.75) is 6.04 Å². The molecular formula is C25H25N3O4. The summed E-state index contributed by atoms with van der Waals surface area (Å²) in [6.45, 7) is 2.57. The lowest BCUT2D eigenvalue weighted by atomic mass is 9.96. The number of rotatable bonds is 7. The number of carbonyl (C=O) groups excluding carboxylic acids is 1. The highest BCUT2D eigenvalue weighted by atomic mass is 16.6. The predicted octanol–water partition coefficient (Wildman–Crippen LogP) is 3.91. The number of non-ortho nitro benzene ring substituents is 1. The van der Waals surface area contributed by atoms with Gasteiger partial charge in [0.05, 0.1) is 17.0 Å². The number of carbonyl (C=O) groups is 1. The molecule has 32 heavy (non-hydrogen) atoms. The average Bonchev–Trinajstić information content (AvgIpc) is 2.85. The average molecular weight is 431 g/mol. The lowest BCUT2D eigenvalue weighted by Gasteiger charge is -2.39. The topological polar surface area (TPSA) is 75.9 Å². The van der Waals surface area contributed by atoms with Crippen LogP contribution in [-0.2, 0) is 4.79 Å². The van der Waals surface area contributed by atoms with Gasteiger partial charge in [0.2, 0.25) is 0 Å². The number of piperazine rings is 1. The van der Waals surface area contributed by atoms with Crippen LogP contribution in [0.5, 0.6) is 5.75 Å². The first-order chi connectivity index (χ1) is 15.6. The van der Waals surface area contributed by atoms with Crippen molar-refractivity contribution in [1.82, 2.24) is 9.80 Å². The number of amides is 1. The minimum atomic E-state index is -0.482. The van der Waals surface area contributed by atoms with Gasteiger partial charge in [-0.15, -0.1) is 0 Å². The van der Waals surface area contributed by atoms with Gasteiger partial charge in [0, 0.05) is 32.2 Å². The van der Waals surface area contributed by atoms with E-state index >= 15 is 0 Å². The van der Waals surface area contributed by atoms with Gasteiger partial charge in [-0.2, -0.15) is 0 Å². The molecule has 0 unspecified atom stereocenters. The number of ether oxygens (including phenoxy) is 1. The Morgan fingerprint density at radius 1 is 0.875 bits per heavy atom. The van der Waals surface area contributed by atoms with Crippen LogP contribution in [0.3, 0.4) is 0 Å².